The molecule has 0 amide bonds. The maximum Gasteiger partial charge on any atom is 0.227 e. The topological polar surface area (TPSA) is 103 Å². The lowest BCUT2D eigenvalue weighted by Gasteiger charge is -2.23. The first kappa shape index (κ1) is 20.1. The fraction of sp³-hybridized carbons (Fsp3) is 0.190. The number of anilines is 2. The van der Waals surface area contributed by atoms with Gasteiger partial charge in [-0.2, -0.15) is 0 Å². The number of nitrogen functional groups attached to an aromatic ring is 1. The van der Waals surface area contributed by atoms with Crippen LogP contribution in [0.15, 0.2) is 53.5 Å². The summed E-state index contributed by atoms with van der Waals surface area (Å²) in [6.07, 6.45) is 4.76. The van der Waals surface area contributed by atoms with Crippen molar-refractivity contribution in [2.45, 2.75) is 13.2 Å². The highest BCUT2D eigenvalue weighted by atomic mass is 79.9. The van der Waals surface area contributed by atoms with Crippen molar-refractivity contribution >= 4 is 38.7 Å². The van der Waals surface area contributed by atoms with Gasteiger partial charge in [0.25, 0.3) is 0 Å². The first-order valence-electron chi connectivity index (χ1n) is 9.23. The number of aromatic nitrogens is 5. The van der Waals surface area contributed by atoms with Gasteiger partial charge in [-0.25, -0.2) is 24.9 Å². The number of fused-ring (bicyclic) bond motifs is 1. The minimum atomic E-state index is -0.141. The molecule has 1 aromatic carbocycles. The number of halogens is 1. The number of hydrogen-bond acceptors (Lipinski definition) is 8. The van der Waals surface area contributed by atoms with Crippen LogP contribution in [0.2, 0.25) is 0 Å². The van der Waals surface area contributed by atoms with E-state index in [4.69, 9.17) is 10.5 Å². The van der Waals surface area contributed by atoms with E-state index in [9.17, 15) is 0 Å². The summed E-state index contributed by atoms with van der Waals surface area (Å²) in [6, 6.07) is 9.93. The Morgan fingerprint density at radius 3 is 2.53 bits per heavy atom. The Hall–Kier alpha value is -3.17. The van der Waals surface area contributed by atoms with Crippen LogP contribution in [0.4, 0.5) is 11.8 Å². The number of ether oxygens (including phenoxy) is 1. The molecule has 8 nitrogen and oxygen atoms in total. The summed E-state index contributed by atoms with van der Waals surface area (Å²) in [5, 5.41) is 0.713. The van der Waals surface area contributed by atoms with E-state index in [-0.39, 0.29) is 6.23 Å². The van der Waals surface area contributed by atoms with Crippen LogP contribution in [0.25, 0.3) is 33.4 Å². The molecule has 30 heavy (non-hydrogen) atoms. The van der Waals surface area contributed by atoms with Gasteiger partial charge in [0.15, 0.2) is 5.65 Å². The fourth-order valence-corrected chi connectivity index (χ4v) is 3.48. The summed E-state index contributed by atoms with van der Waals surface area (Å²) in [5.74, 6) is 0.948. The van der Waals surface area contributed by atoms with Crippen LogP contribution < -0.4 is 10.6 Å². The summed E-state index contributed by atoms with van der Waals surface area (Å²) in [4.78, 5) is 23.9. The molecule has 0 spiro atoms. The predicted molar refractivity (Wildman–Crippen MR) is 121 cm³/mol. The van der Waals surface area contributed by atoms with Crippen molar-refractivity contribution in [3.8, 4) is 22.4 Å². The Kier molecular flexibility index (Phi) is 5.56. The highest BCUT2D eigenvalue weighted by molar-refractivity contribution is 9.10. The van der Waals surface area contributed by atoms with Gasteiger partial charge in [-0.1, -0.05) is 28.1 Å². The summed E-state index contributed by atoms with van der Waals surface area (Å²) < 4.78 is 6.28. The number of benzene rings is 1. The van der Waals surface area contributed by atoms with Crippen molar-refractivity contribution in [3.05, 3.63) is 53.5 Å². The summed E-state index contributed by atoms with van der Waals surface area (Å²) >= 11 is 3.53. The van der Waals surface area contributed by atoms with Gasteiger partial charge in [-0.3, -0.25) is 0 Å². The van der Waals surface area contributed by atoms with E-state index in [1.165, 1.54) is 6.33 Å². The van der Waals surface area contributed by atoms with Crippen molar-refractivity contribution in [3.63, 3.8) is 0 Å². The average Bonchev–Trinajstić information content (AvgIpc) is 2.77. The van der Waals surface area contributed by atoms with Crippen molar-refractivity contribution in [1.29, 1.82) is 0 Å². The third-order valence-corrected chi connectivity index (χ3v) is 5.40. The average molecular weight is 466 g/mol. The molecule has 1 unspecified atom stereocenters. The smallest absolute Gasteiger partial charge is 0.227 e. The molecular weight excluding hydrogens is 446 g/mol. The molecule has 0 aliphatic rings. The van der Waals surface area contributed by atoms with Crippen molar-refractivity contribution < 1.29 is 4.74 Å². The minimum Gasteiger partial charge on any atom is -0.383 e. The maximum absolute atomic E-state index is 6.17. The van der Waals surface area contributed by atoms with E-state index in [2.05, 4.69) is 40.8 Å². The lowest BCUT2D eigenvalue weighted by molar-refractivity contribution is 0.118. The third-order valence-electron chi connectivity index (χ3n) is 4.90. The first-order valence-corrected chi connectivity index (χ1v) is 10.0. The molecule has 0 saturated heterocycles. The number of nitrogens with two attached hydrogens (primary N) is 1. The van der Waals surface area contributed by atoms with Crippen LogP contribution in [0.5, 0.6) is 0 Å². The third kappa shape index (κ3) is 3.81. The second kappa shape index (κ2) is 8.29. The maximum atomic E-state index is 6.17. The summed E-state index contributed by atoms with van der Waals surface area (Å²) in [6.45, 7) is 1.93. The lowest BCUT2D eigenvalue weighted by atomic mass is 10.0. The van der Waals surface area contributed by atoms with E-state index in [1.54, 1.807) is 19.5 Å². The second-order valence-corrected chi connectivity index (χ2v) is 7.66. The molecular formula is C21H20BrN7O. The zero-order valence-electron chi connectivity index (χ0n) is 16.7. The molecule has 2 N–H and O–H groups in total. The van der Waals surface area contributed by atoms with E-state index in [0.717, 1.165) is 21.2 Å². The molecule has 152 valence electrons. The zero-order chi connectivity index (χ0) is 21.3. The zero-order valence-corrected chi connectivity index (χ0v) is 18.3. The number of methoxy groups -OCH3 is 1. The summed E-state index contributed by atoms with van der Waals surface area (Å²) in [7, 11) is 3.52. The van der Waals surface area contributed by atoms with Gasteiger partial charge >= 0.3 is 0 Å². The van der Waals surface area contributed by atoms with Gasteiger partial charge in [-0.05, 0) is 36.2 Å². The predicted octanol–water partition coefficient (Wildman–Crippen LogP) is 3.92. The number of hydrogen-bond donors (Lipinski definition) is 1. The largest absolute Gasteiger partial charge is 0.383 e. The normalized spacial score (nSPS) is 12.1. The van der Waals surface area contributed by atoms with E-state index < -0.39 is 0 Å². The SMILES string of the molecule is COC(C)N(C)c1ncc(-c2cc(-c3cccc(Br)c3)c3c(N)ncnc3n2)cn1. The Bertz CT molecular complexity index is 1200. The molecule has 0 aliphatic carbocycles. The van der Waals surface area contributed by atoms with Crippen LogP contribution >= 0.6 is 15.9 Å². The Balaban J connectivity index is 1.85. The minimum absolute atomic E-state index is 0.141. The molecule has 0 fully saturated rings. The van der Waals surface area contributed by atoms with E-state index in [1.807, 2.05) is 49.2 Å². The van der Waals surface area contributed by atoms with Crippen LogP contribution in [-0.2, 0) is 4.74 Å². The number of rotatable bonds is 5. The lowest BCUT2D eigenvalue weighted by Crippen LogP contribution is -2.31. The van der Waals surface area contributed by atoms with Crippen LogP contribution in [0, 0.1) is 0 Å². The molecule has 4 rings (SSSR count). The summed E-state index contributed by atoms with van der Waals surface area (Å²) in [5.41, 5.74) is 10.0. The highest BCUT2D eigenvalue weighted by Gasteiger charge is 2.16. The molecule has 0 bridgehead atoms. The monoisotopic (exact) mass is 465 g/mol. The molecule has 1 atom stereocenters. The number of pyridine rings is 1. The highest BCUT2D eigenvalue weighted by Crippen LogP contribution is 2.34. The Morgan fingerprint density at radius 1 is 1.07 bits per heavy atom. The van der Waals surface area contributed by atoms with Crippen LogP contribution in [-0.4, -0.2) is 45.3 Å². The van der Waals surface area contributed by atoms with Gasteiger partial charge in [0.2, 0.25) is 5.95 Å². The van der Waals surface area contributed by atoms with E-state index in [0.29, 0.717) is 28.5 Å². The molecule has 0 radical (unpaired) electrons. The first-order chi connectivity index (χ1) is 14.5. The van der Waals surface area contributed by atoms with Gasteiger partial charge in [-0.15, -0.1) is 0 Å². The molecule has 0 aliphatic heterocycles. The quantitative estimate of drug-likeness (QED) is 0.442. The Morgan fingerprint density at radius 2 is 1.83 bits per heavy atom. The van der Waals surface area contributed by atoms with Crippen molar-refractivity contribution in [2.24, 2.45) is 0 Å². The fourth-order valence-electron chi connectivity index (χ4n) is 3.08. The van der Waals surface area contributed by atoms with E-state index >= 15 is 0 Å². The standard InChI is InChI=1S/C21H20BrN7O/c1-12(30-3)29(2)21-24-9-14(10-25-21)17-8-16(13-5-4-6-15(22)7-13)18-19(23)26-11-27-20(18)28-17/h4-12H,1-3H3,(H2,23,26,27,28). The van der Waals surface area contributed by atoms with Crippen molar-refractivity contribution in [1.82, 2.24) is 24.9 Å². The molecule has 3 aromatic heterocycles. The van der Waals surface area contributed by atoms with Gasteiger partial charge < -0.3 is 15.4 Å². The van der Waals surface area contributed by atoms with Gasteiger partial charge in [0, 0.05) is 36.6 Å². The Labute approximate surface area is 182 Å². The van der Waals surface area contributed by atoms with Gasteiger partial charge in [0.1, 0.15) is 18.4 Å². The second-order valence-electron chi connectivity index (χ2n) is 6.74. The number of nitrogens with zero attached hydrogens (tertiary/aromatic N) is 6. The van der Waals surface area contributed by atoms with Crippen LogP contribution in [0.1, 0.15) is 6.92 Å². The molecule has 3 heterocycles. The van der Waals surface area contributed by atoms with Gasteiger partial charge in [0.05, 0.1) is 11.1 Å². The van der Waals surface area contributed by atoms with Crippen molar-refractivity contribution in [2.75, 3.05) is 24.8 Å². The van der Waals surface area contributed by atoms with Crippen LogP contribution in [0.3, 0.4) is 0 Å². The molecule has 9 heteroatoms. The molecule has 0 saturated carbocycles. The molecule has 4 aromatic rings.